The molecule has 2 rings (SSSR count). The number of hydrogen-bond donors (Lipinski definition) is 1. The van der Waals surface area contributed by atoms with Crippen LogP contribution in [0.15, 0.2) is 42.5 Å². The summed E-state index contributed by atoms with van der Waals surface area (Å²) in [6.07, 6.45) is 0. The number of hydrogen-bond acceptors (Lipinski definition) is 2. The van der Waals surface area contributed by atoms with E-state index in [1.165, 1.54) is 0 Å². The van der Waals surface area contributed by atoms with Crippen LogP contribution in [0.1, 0.15) is 18.1 Å². The highest BCUT2D eigenvalue weighted by molar-refractivity contribution is 6.31. The predicted octanol–water partition coefficient (Wildman–Crippen LogP) is 4.26. The Balaban J connectivity index is 2.62. The van der Waals surface area contributed by atoms with E-state index in [0.29, 0.717) is 26.9 Å². The van der Waals surface area contributed by atoms with Crippen molar-refractivity contribution in [1.29, 1.82) is 0 Å². The highest BCUT2D eigenvalue weighted by Crippen LogP contribution is 2.39. The van der Waals surface area contributed by atoms with Crippen molar-refractivity contribution in [2.24, 2.45) is 0 Å². The van der Waals surface area contributed by atoms with Crippen molar-refractivity contribution in [3.63, 3.8) is 0 Å². The molecule has 0 amide bonds. The van der Waals surface area contributed by atoms with Crippen LogP contribution in [-0.4, -0.2) is 12.2 Å². The zero-order valence-electron chi connectivity index (χ0n) is 10.7. The number of halogens is 2. The molecule has 0 aliphatic heterocycles. The van der Waals surface area contributed by atoms with E-state index in [1.807, 2.05) is 12.1 Å². The van der Waals surface area contributed by atoms with E-state index in [9.17, 15) is 5.11 Å². The number of ether oxygens (including phenoxy) is 1. The standard InChI is InChI=1S/C15H14Cl2O2/c1-15(18,11-5-3-4-6-13(11)17)12-9-10(16)7-8-14(12)19-2/h3-9,18H,1-2H3. The van der Waals surface area contributed by atoms with Gasteiger partial charge in [-0.25, -0.2) is 0 Å². The third-order valence-corrected chi connectivity index (χ3v) is 3.65. The molecule has 0 saturated heterocycles. The molecule has 19 heavy (non-hydrogen) atoms. The number of methoxy groups -OCH3 is 1. The largest absolute Gasteiger partial charge is 0.496 e. The lowest BCUT2D eigenvalue weighted by molar-refractivity contribution is 0.0991. The zero-order chi connectivity index (χ0) is 14.0. The van der Waals surface area contributed by atoms with Crippen molar-refractivity contribution in [2.75, 3.05) is 7.11 Å². The molecule has 0 aliphatic rings. The topological polar surface area (TPSA) is 29.5 Å². The highest BCUT2D eigenvalue weighted by Gasteiger charge is 2.31. The van der Waals surface area contributed by atoms with E-state index in [1.54, 1.807) is 44.4 Å². The van der Waals surface area contributed by atoms with Crippen LogP contribution in [-0.2, 0) is 5.60 Å². The van der Waals surface area contributed by atoms with Gasteiger partial charge in [-0.1, -0.05) is 41.4 Å². The zero-order valence-corrected chi connectivity index (χ0v) is 12.2. The van der Waals surface area contributed by atoms with Crippen LogP contribution in [0, 0.1) is 0 Å². The van der Waals surface area contributed by atoms with Crippen LogP contribution in [0.2, 0.25) is 10.0 Å². The van der Waals surface area contributed by atoms with Crippen molar-refractivity contribution in [3.8, 4) is 5.75 Å². The van der Waals surface area contributed by atoms with Crippen LogP contribution in [0.3, 0.4) is 0 Å². The fourth-order valence-corrected chi connectivity index (χ4v) is 2.55. The molecule has 1 unspecified atom stereocenters. The SMILES string of the molecule is COc1ccc(Cl)cc1C(C)(O)c1ccccc1Cl. The molecule has 2 aromatic rings. The fourth-order valence-electron chi connectivity index (χ4n) is 2.06. The number of benzene rings is 2. The summed E-state index contributed by atoms with van der Waals surface area (Å²) in [7, 11) is 1.55. The Bertz CT molecular complexity index is 594. The van der Waals surface area contributed by atoms with Gasteiger partial charge < -0.3 is 9.84 Å². The lowest BCUT2D eigenvalue weighted by Gasteiger charge is -2.27. The minimum atomic E-state index is -1.28. The lowest BCUT2D eigenvalue weighted by Crippen LogP contribution is -2.24. The van der Waals surface area contributed by atoms with Crippen LogP contribution in [0.25, 0.3) is 0 Å². The summed E-state index contributed by atoms with van der Waals surface area (Å²) in [5.74, 6) is 0.564. The predicted molar refractivity (Wildman–Crippen MR) is 78.1 cm³/mol. The molecule has 0 radical (unpaired) electrons. The highest BCUT2D eigenvalue weighted by atomic mass is 35.5. The molecule has 2 aromatic carbocycles. The molecule has 0 fully saturated rings. The van der Waals surface area contributed by atoms with Gasteiger partial charge in [-0.2, -0.15) is 0 Å². The molecule has 0 aliphatic carbocycles. The molecule has 2 nitrogen and oxygen atoms in total. The van der Waals surface area contributed by atoms with Gasteiger partial charge in [-0.3, -0.25) is 0 Å². The van der Waals surface area contributed by atoms with Crippen molar-refractivity contribution in [3.05, 3.63) is 63.6 Å². The van der Waals surface area contributed by atoms with Crippen molar-refractivity contribution < 1.29 is 9.84 Å². The van der Waals surface area contributed by atoms with E-state index in [-0.39, 0.29) is 0 Å². The number of aliphatic hydroxyl groups is 1. The summed E-state index contributed by atoms with van der Waals surface area (Å²) in [6, 6.07) is 12.3. The summed E-state index contributed by atoms with van der Waals surface area (Å²) < 4.78 is 5.29. The Morgan fingerprint density at radius 2 is 1.74 bits per heavy atom. The number of rotatable bonds is 3. The van der Waals surface area contributed by atoms with Gasteiger partial charge in [-0.15, -0.1) is 0 Å². The molecule has 100 valence electrons. The summed E-state index contributed by atoms with van der Waals surface area (Å²) in [4.78, 5) is 0. The normalized spacial score (nSPS) is 13.9. The fraction of sp³-hybridized carbons (Fsp3) is 0.200. The smallest absolute Gasteiger partial charge is 0.125 e. The monoisotopic (exact) mass is 296 g/mol. The van der Waals surface area contributed by atoms with Crippen LogP contribution in [0.4, 0.5) is 0 Å². The maximum absolute atomic E-state index is 10.9. The van der Waals surface area contributed by atoms with E-state index in [4.69, 9.17) is 27.9 Å². The molecule has 0 aromatic heterocycles. The van der Waals surface area contributed by atoms with Gasteiger partial charge >= 0.3 is 0 Å². The molecule has 0 spiro atoms. The van der Waals surface area contributed by atoms with E-state index >= 15 is 0 Å². The van der Waals surface area contributed by atoms with Crippen LogP contribution >= 0.6 is 23.2 Å². The summed E-state index contributed by atoms with van der Waals surface area (Å²) >= 11 is 12.2. The second-order valence-electron chi connectivity index (χ2n) is 4.40. The Kier molecular flexibility index (Phi) is 4.04. The van der Waals surface area contributed by atoms with Gasteiger partial charge in [0, 0.05) is 21.2 Å². The van der Waals surface area contributed by atoms with E-state index in [2.05, 4.69) is 0 Å². The van der Waals surface area contributed by atoms with E-state index in [0.717, 1.165) is 0 Å². The minimum absolute atomic E-state index is 0.495. The summed E-state index contributed by atoms with van der Waals surface area (Å²) in [5.41, 5.74) is -0.0953. The second-order valence-corrected chi connectivity index (χ2v) is 5.24. The van der Waals surface area contributed by atoms with Gasteiger partial charge in [-0.05, 0) is 31.2 Å². The summed E-state index contributed by atoms with van der Waals surface area (Å²) in [6.45, 7) is 1.67. The van der Waals surface area contributed by atoms with Gasteiger partial charge in [0.2, 0.25) is 0 Å². The molecule has 4 heteroatoms. The molecule has 0 saturated carbocycles. The molecule has 0 heterocycles. The Hall–Kier alpha value is -1.22. The molecule has 0 bridgehead atoms. The average molecular weight is 297 g/mol. The average Bonchev–Trinajstić information content (AvgIpc) is 2.39. The molecule has 1 atom stereocenters. The van der Waals surface area contributed by atoms with Crippen molar-refractivity contribution in [2.45, 2.75) is 12.5 Å². The third-order valence-electron chi connectivity index (χ3n) is 3.08. The van der Waals surface area contributed by atoms with Crippen molar-refractivity contribution in [1.82, 2.24) is 0 Å². The maximum Gasteiger partial charge on any atom is 0.125 e. The molecular formula is C15H14Cl2O2. The first kappa shape index (κ1) is 14.2. The minimum Gasteiger partial charge on any atom is -0.496 e. The first-order valence-corrected chi connectivity index (χ1v) is 6.54. The quantitative estimate of drug-likeness (QED) is 0.917. The Labute approximate surface area is 122 Å². The molecular weight excluding hydrogens is 283 g/mol. The first-order valence-electron chi connectivity index (χ1n) is 5.78. The van der Waals surface area contributed by atoms with Crippen molar-refractivity contribution >= 4 is 23.2 Å². The Morgan fingerprint density at radius 3 is 2.37 bits per heavy atom. The molecule has 1 N–H and O–H groups in total. The van der Waals surface area contributed by atoms with Crippen LogP contribution in [0.5, 0.6) is 5.75 Å². The van der Waals surface area contributed by atoms with Gasteiger partial charge in [0.15, 0.2) is 0 Å². The van der Waals surface area contributed by atoms with E-state index < -0.39 is 5.60 Å². The van der Waals surface area contributed by atoms with Gasteiger partial charge in [0.25, 0.3) is 0 Å². The maximum atomic E-state index is 10.9. The van der Waals surface area contributed by atoms with Gasteiger partial charge in [0.1, 0.15) is 11.4 Å². The first-order chi connectivity index (χ1) is 8.96. The summed E-state index contributed by atoms with van der Waals surface area (Å²) in [5, 5.41) is 11.9. The van der Waals surface area contributed by atoms with Gasteiger partial charge in [0.05, 0.1) is 7.11 Å². The lowest BCUT2D eigenvalue weighted by atomic mass is 9.87. The second kappa shape index (κ2) is 5.41. The van der Waals surface area contributed by atoms with Crippen LogP contribution < -0.4 is 4.74 Å². The third kappa shape index (κ3) is 2.71. The Morgan fingerprint density at radius 1 is 1.05 bits per heavy atom.